The van der Waals surface area contributed by atoms with Gasteiger partial charge in [0.1, 0.15) is 5.75 Å². The molecule has 1 atom stereocenters. The van der Waals surface area contributed by atoms with Crippen LogP contribution >= 0.6 is 0 Å². The molecule has 2 aliphatic rings. The molecule has 5 heteroatoms. The van der Waals surface area contributed by atoms with Crippen molar-refractivity contribution in [2.75, 3.05) is 6.61 Å². The van der Waals surface area contributed by atoms with Gasteiger partial charge in [0.2, 0.25) is 0 Å². The molecule has 1 aromatic carbocycles. The fourth-order valence-electron chi connectivity index (χ4n) is 4.15. The van der Waals surface area contributed by atoms with E-state index in [1.807, 2.05) is 0 Å². The Kier molecular flexibility index (Phi) is 6.65. The molecular weight excluding hydrogens is 326 g/mol. The van der Waals surface area contributed by atoms with Crippen LogP contribution in [-0.4, -0.2) is 18.2 Å². The normalized spacial score (nSPS) is 22.6. The lowest BCUT2D eigenvalue weighted by Gasteiger charge is -2.33. The fraction of sp³-hybridized carbons (Fsp3) is 0.571. The van der Waals surface area contributed by atoms with Crippen molar-refractivity contribution in [3.05, 3.63) is 29.8 Å². The quantitative estimate of drug-likeness (QED) is 0.807. The summed E-state index contributed by atoms with van der Waals surface area (Å²) in [6, 6.07) is 8.78. The summed E-state index contributed by atoms with van der Waals surface area (Å²) in [5.74, 6) is 1.62. The first kappa shape index (κ1) is 18.4. The average molecular weight is 353 g/mol. The molecule has 2 aliphatic carbocycles. The lowest BCUT2D eigenvalue weighted by Crippen LogP contribution is -2.32. The number of nitriles is 1. The zero-order valence-corrected chi connectivity index (χ0v) is 15.2. The molecular formula is C21H27N3O2. The van der Waals surface area contributed by atoms with Crippen LogP contribution in [0.2, 0.25) is 0 Å². The predicted molar refractivity (Wildman–Crippen MR) is 101 cm³/mol. The van der Waals surface area contributed by atoms with E-state index in [0.29, 0.717) is 17.2 Å². The first-order chi connectivity index (χ1) is 12.8. The highest BCUT2D eigenvalue weighted by Gasteiger charge is 2.29. The summed E-state index contributed by atoms with van der Waals surface area (Å²) >= 11 is 0. The molecule has 0 radical (unpaired) electrons. The zero-order valence-electron chi connectivity index (χ0n) is 15.2. The topological polar surface area (TPSA) is 74.5 Å². The minimum absolute atomic E-state index is 0.0726. The molecule has 138 valence electrons. The average Bonchev–Trinajstić information content (AvgIpc) is 2.72. The number of amides is 1. The van der Waals surface area contributed by atoms with Crippen molar-refractivity contribution in [1.82, 2.24) is 5.43 Å². The van der Waals surface area contributed by atoms with Crippen LogP contribution in [0.1, 0.15) is 63.4 Å². The molecule has 2 fully saturated rings. The summed E-state index contributed by atoms with van der Waals surface area (Å²) in [7, 11) is 0. The molecule has 1 aromatic rings. The fourth-order valence-corrected chi connectivity index (χ4v) is 4.15. The van der Waals surface area contributed by atoms with Crippen molar-refractivity contribution in [2.24, 2.45) is 16.9 Å². The van der Waals surface area contributed by atoms with Crippen LogP contribution in [0.4, 0.5) is 0 Å². The number of hydrogen-bond donors (Lipinski definition) is 1. The Morgan fingerprint density at radius 2 is 1.85 bits per heavy atom. The molecule has 1 N–H and O–H groups in total. The van der Waals surface area contributed by atoms with E-state index in [2.05, 4.69) is 16.6 Å². The monoisotopic (exact) mass is 353 g/mol. The number of ether oxygens (including phenoxy) is 1. The predicted octanol–water partition coefficient (Wildman–Crippen LogP) is 4.18. The van der Waals surface area contributed by atoms with Gasteiger partial charge in [0.05, 0.1) is 11.6 Å². The number of hydrazone groups is 1. The van der Waals surface area contributed by atoms with E-state index in [1.54, 1.807) is 24.3 Å². The van der Waals surface area contributed by atoms with Gasteiger partial charge >= 0.3 is 0 Å². The zero-order chi connectivity index (χ0) is 18.2. The van der Waals surface area contributed by atoms with Crippen molar-refractivity contribution in [1.29, 1.82) is 5.26 Å². The second-order valence-electron chi connectivity index (χ2n) is 7.31. The molecule has 0 saturated heterocycles. The first-order valence-electron chi connectivity index (χ1n) is 9.74. The van der Waals surface area contributed by atoms with Gasteiger partial charge in [-0.1, -0.05) is 25.7 Å². The number of rotatable bonds is 5. The van der Waals surface area contributed by atoms with Crippen molar-refractivity contribution in [3.63, 3.8) is 0 Å². The van der Waals surface area contributed by atoms with Gasteiger partial charge in [0.15, 0.2) is 6.61 Å². The maximum Gasteiger partial charge on any atom is 0.277 e. The minimum atomic E-state index is -0.241. The number of nitrogens with one attached hydrogen (secondary N) is 1. The van der Waals surface area contributed by atoms with E-state index >= 15 is 0 Å². The van der Waals surface area contributed by atoms with Gasteiger partial charge in [-0.15, -0.1) is 0 Å². The third-order valence-corrected chi connectivity index (χ3v) is 5.52. The van der Waals surface area contributed by atoms with E-state index in [-0.39, 0.29) is 12.5 Å². The van der Waals surface area contributed by atoms with Gasteiger partial charge in [-0.05, 0) is 62.3 Å². The van der Waals surface area contributed by atoms with Gasteiger partial charge in [0, 0.05) is 11.6 Å². The second kappa shape index (κ2) is 9.38. The molecule has 5 nitrogen and oxygen atoms in total. The van der Waals surface area contributed by atoms with Crippen LogP contribution in [0.25, 0.3) is 0 Å². The standard InChI is InChI=1S/C21H27N3O2/c22-14-16-10-12-18(13-11-16)26-15-21(25)24-23-20-9-5-4-8-19(20)17-6-2-1-3-7-17/h10-13,17,19H,1-9,15H2,(H,24,25)/t19-/m1/s1. The highest BCUT2D eigenvalue weighted by molar-refractivity contribution is 5.89. The molecule has 0 aromatic heterocycles. The maximum atomic E-state index is 12.1. The summed E-state index contributed by atoms with van der Waals surface area (Å²) in [5, 5.41) is 13.3. The van der Waals surface area contributed by atoms with Gasteiger partial charge in [-0.25, -0.2) is 5.43 Å². The molecule has 3 rings (SSSR count). The Labute approximate surface area is 155 Å². The summed E-state index contributed by atoms with van der Waals surface area (Å²) in [6.45, 7) is -0.0726. The van der Waals surface area contributed by atoms with Crippen LogP contribution in [0.3, 0.4) is 0 Å². The third kappa shape index (κ3) is 5.08. The molecule has 0 aliphatic heterocycles. The highest BCUT2D eigenvalue weighted by atomic mass is 16.5. The SMILES string of the molecule is N#Cc1ccc(OCC(=O)NN=C2CCCC[C@@H]2C2CCCCC2)cc1. The lowest BCUT2D eigenvalue weighted by molar-refractivity contribution is -0.123. The number of benzene rings is 1. The van der Waals surface area contributed by atoms with Crippen LogP contribution in [-0.2, 0) is 4.79 Å². The van der Waals surface area contributed by atoms with Gasteiger partial charge in [-0.2, -0.15) is 10.4 Å². The number of hydrogen-bond acceptors (Lipinski definition) is 4. The minimum Gasteiger partial charge on any atom is -0.484 e. The maximum absolute atomic E-state index is 12.1. The number of carbonyl (C=O) groups is 1. The van der Waals surface area contributed by atoms with E-state index in [1.165, 1.54) is 57.1 Å². The highest BCUT2D eigenvalue weighted by Crippen LogP contribution is 2.36. The molecule has 0 spiro atoms. The van der Waals surface area contributed by atoms with Crippen LogP contribution in [0.15, 0.2) is 29.4 Å². The van der Waals surface area contributed by atoms with E-state index in [9.17, 15) is 4.79 Å². The smallest absolute Gasteiger partial charge is 0.277 e. The number of carbonyl (C=O) groups excluding carboxylic acids is 1. The molecule has 26 heavy (non-hydrogen) atoms. The molecule has 0 heterocycles. The lowest BCUT2D eigenvalue weighted by atomic mass is 9.72. The number of nitrogens with zero attached hydrogens (tertiary/aromatic N) is 2. The van der Waals surface area contributed by atoms with Gasteiger partial charge < -0.3 is 4.74 Å². The molecule has 2 saturated carbocycles. The first-order valence-corrected chi connectivity index (χ1v) is 9.74. The van der Waals surface area contributed by atoms with Crippen LogP contribution < -0.4 is 10.2 Å². The van der Waals surface area contributed by atoms with Gasteiger partial charge in [-0.3, -0.25) is 4.79 Å². The molecule has 0 bridgehead atoms. The Morgan fingerprint density at radius 1 is 1.12 bits per heavy atom. The largest absolute Gasteiger partial charge is 0.484 e. The summed E-state index contributed by atoms with van der Waals surface area (Å²) in [6.07, 6.45) is 11.3. The third-order valence-electron chi connectivity index (χ3n) is 5.52. The Hall–Kier alpha value is -2.35. The summed E-state index contributed by atoms with van der Waals surface area (Å²) in [5.41, 5.74) is 4.43. The van der Waals surface area contributed by atoms with Gasteiger partial charge in [0.25, 0.3) is 5.91 Å². The van der Waals surface area contributed by atoms with Crippen LogP contribution in [0.5, 0.6) is 5.75 Å². The summed E-state index contributed by atoms with van der Waals surface area (Å²) in [4.78, 5) is 12.1. The Balaban J connectivity index is 1.51. The Bertz CT molecular complexity index is 669. The van der Waals surface area contributed by atoms with E-state index < -0.39 is 0 Å². The summed E-state index contributed by atoms with van der Waals surface area (Å²) < 4.78 is 5.46. The van der Waals surface area contributed by atoms with Crippen molar-refractivity contribution < 1.29 is 9.53 Å². The van der Waals surface area contributed by atoms with E-state index in [4.69, 9.17) is 10.00 Å². The van der Waals surface area contributed by atoms with Crippen molar-refractivity contribution in [2.45, 2.75) is 57.8 Å². The Morgan fingerprint density at radius 3 is 2.58 bits per heavy atom. The van der Waals surface area contributed by atoms with Crippen LogP contribution in [0, 0.1) is 23.2 Å². The van der Waals surface area contributed by atoms with Crippen molar-refractivity contribution >= 4 is 11.6 Å². The second-order valence-corrected chi connectivity index (χ2v) is 7.31. The molecule has 0 unspecified atom stereocenters. The van der Waals surface area contributed by atoms with Crippen molar-refractivity contribution in [3.8, 4) is 11.8 Å². The van der Waals surface area contributed by atoms with E-state index in [0.717, 1.165) is 12.3 Å². The molecule has 1 amide bonds.